The Morgan fingerprint density at radius 2 is 2.11 bits per heavy atom. The molecule has 0 saturated heterocycles. The minimum Gasteiger partial charge on any atom is -0.422 e. The third kappa shape index (κ3) is 2.14. The molecule has 0 radical (unpaired) electrons. The second-order valence-electron chi connectivity index (χ2n) is 4.32. The molecule has 2 rings (SSSR count). The van der Waals surface area contributed by atoms with Crippen LogP contribution in [0.3, 0.4) is 0 Å². The Kier molecular flexibility index (Phi) is 3.19. The van der Waals surface area contributed by atoms with Gasteiger partial charge in [-0.15, -0.1) is 0 Å². The van der Waals surface area contributed by atoms with E-state index in [9.17, 15) is 9.59 Å². The molecule has 0 saturated carbocycles. The molecule has 1 heterocycles. The zero-order chi connectivity index (χ0) is 13.3. The minimum atomic E-state index is -0.451. The van der Waals surface area contributed by atoms with Crippen molar-refractivity contribution in [2.75, 3.05) is 5.73 Å². The largest absolute Gasteiger partial charge is 0.422 e. The van der Waals surface area contributed by atoms with Gasteiger partial charge in [0, 0.05) is 35.5 Å². The van der Waals surface area contributed by atoms with E-state index < -0.39 is 5.63 Å². The molecule has 0 fully saturated rings. The van der Waals surface area contributed by atoms with Crippen LogP contribution in [0, 0.1) is 6.92 Å². The second-order valence-corrected chi connectivity index (χ2v) is 4.32. The Balaban J connectivity index is 2.65. The standard InChI is InChI=1S/C14H15NO3/c1-3-10(16)7-12-8(2)11-5-4-9(15)6-13(11)18-14(12)17/h4-6H,3,7,15H2,1-2H3. The van der Waals surface area contributed by atoms with Gasteiger partial charge in [-0.1, -0.05) is 6.92 Å². The minimum absolute atomic E-state index is 0.0280. The van der Waals surface area contributed by atoms with Crippen LogP contribution < -0.4 is 11.4 Å². The summed E-state index contributed by atoms with van der Waals surface area (Å²) in [7, 11) is 0. The summed E-state index contributed by atoms with van der Waals surface area (Å²) in [5.41, 5.74) is 7.44. The van der Waals surface area contributed by atoms with Crippen molar-refractivity contribution in [3.05, 3.63) is 39.7 Å². The molecule has 1 aromatic heterocycles. The molecule has 0 bridgehead atoms. The number of fused-ring (bicyclic) bond motifs is 1. The maximum atomic E-state index is 11.9. The molecule has 18 heavy (non-hydrogen) atoms. The Morgan fingerprint density at radius 1 is 1.39 bits per heavy atom. The van der Waals surface area contributed by atoms with Crippen LogP contribution in [0.25, 0.3) is 11.0 Å². The van der Waals surface area contributed by atoms with Gasteiger partial charge in [0.1, 0.15) is 11.4 Å². The van der Waals surface area contributed by atoms with E-state index in [-0.39, 0.29) is 12.2 Å². The summed E-state index contributed by atoms with van der Waals surface area (Å²) >= 11 is 0. The first-order valence-corrected chi connectivity index (χ1v) is 5.86. The first-order chi connectivity index (χ1) is 8.52. The smallest absolute Gasteiger partial charge is 0.340 e. The van der Waals surface area contributed by atoms with Gasteiger partial charge in [0.25, 0.3) is 0 Å². The van der Waals surface area contributed by atoms with Crippen molar-refractivity contribution in [2.24, 2.45) is 0 Å². The summed E-state index contributed by atoms with van der Waals surface area (Å²) in [6, 6.07) is 5.18. The topological polar surface area (TPSA) is 73.3 Å². The molecule has 1 aromatic carbocycles. The molecule has 0 amide bonds. The predicted octanol–water partition coefficient (Wildman–Crippen LogP) is 2.21. The number of Topliss-reactive ketones (excluding diaryl/α,β-unsaturated/α-hetero) is 1. The van der Waals surface area contributed by atoms with Gasteiger partial charge in [0.2, 0.25) is 0 Å². The maximum absolute atomic E-state index is 11.9. The Hall–Kier alpha value is -2.10. The summed E-state index contributed by atoms with van der Waals surface area (Å²) in [5, 5.41) is 0.822. The summed E-state index contributed by atoms with van der Waals surface area (Å²) in [6.45, 7) is 3.61. The predicted molar refractivity (Wildman–Crippen MR) is 70.6 cm³/mol. The fraction of sp³-hybridized carbons (Fsp3) is 0.286. The number of nitrogens with two attached hydrogens (primary N) is 1. The number of carbonyl (C=O) groups is 1. The normalized spacial score (nSPS) is 10.8. The van der Waals surface area contributed by atoms with Crippen molar-refractivity contribution >= 4 is 22.4 Å². The summed E-state index contributed by atoms with van der Waals surface area (Å²) < 4.78 is 5.21. The molecule has 4 heteroatoms. The molecule has 2 N–H and O–H groups in total. The van der Waals surface area contributed by atoms with E-state index in [1.807, 2.05) is 13.0 Å². The van der Waals surface area contributed by atoms with Crippen molar-refractivity contribution in [1.82, 2.24) is 0 Å². The van der Waals surface area contributed by atoms with E-state index >= 15 is 0 Å². The quantitative estimate of drug-likeness (QED) is 0.664. The van der Waals surface area contributed by atoms with Gasteiger partial charge in [-0.05, 0) is 24.6 Å². The Morgan fingerprint density at radius 3 is 2.78 bits per heavy atom. The van der Waals surface area contributed by atoms with Gasteiger partial charge in [0.05, 0.1) is 0 Å². The lowest BCUT2D eigenvalue weighted by Gasteiger charge is -2.07. The van der Waals surface area contributed by atoms with Crippen LogP contribution in [-0.2, 0) is 11.2 Å². The number of rotatable bonds is 3. The fourth-order valence-electron chi connectivity index (χ4n) is 1.94. The Labute approximate surface area is 104 Å². The highest BCUT2D eigenvalue weighted by atomic mass is 16.4. The van der Waals surface area contributed by atoms with Crippen LogP contribution in [0.15, 0.2) is 27.4 Å². The molecule has 0 aliphatic carbocycles. The van der Waals surface area contributed by atoms with Gasteiger partial charge in [-0.2, -0.15) is 0 Å². The number of aryl methyl sites for hydroxylation is 1. The van der Waals surface area contributed by atoms with Gasteiger partial charge in [-0.3, -0.25) is 4.79 Å². The number of nitrogen functional groups attached to an aromatic ring is 1. The lowest BCUT2D eigenvalue weighted by atomic mass is 10.0. The number of anilines is 1. The number of benzene rings is 1. The molecule has 94 valence electrons. The highest BCUT2D eigenvalue weighted by molar-refractivity contribution is 5.86. The first-order valence-electron chi connectivity index (χ1n) is 5.86. The lowest BCUT2D eigenvalue weighted by molar-refractivity contribution is -0.118. The lowest BCUT2D eigenvalue weighted by Crippen LogP contribution is -2.14. The fourth-order valence-corrected chi connectivity index (χ4v) is 1.94. The third-order valence-electron chi connectivity index (χ3n) is 3.08. The van der Waals surface area contributed by atoms with Crippen molar-refractivity contribution in [1.29, 1.82) is 0 Å². The van der Waals surface area contributed by atoms with E-state index in [0.29, 0.717) is 23.3 Å². The second kappa shape index (κ2) is 4.64. The number of ketones is 1. The average Bonchev–Trinajstić information content (AvgIpc) is 2.33. The summed E-state index contributed by atoms with van der Waals surface area (Å²) in [5.74, 6) is 0.0280. The van der Waals surface area contributed by atoms with Crippen LogP contribution in [0.4, 0.5) is 5.69 Å². The van der Waals surface area contributed by atoms with Gasteiger partial charge >= 0.3 is 5.63 Å². The molecule has 2 aromatic rings. The highest BCUT2D eigenvalue weighted by Gasteiger charge is 2.13. The van der Waals surface area contributed by atoms with E-state index in [1.165, 1.54) is 0 Å². The monoisotopic (exact) mass is 245 g/mol. The number of carbonyl (C=O) groups excluding carboxylic acids is 1. The molecule has 0 unspecified atom stereocenters. The van der Waals surface area contributed by atoms with Gasteiger partial charge in [0.15, 0.2) is 0 Å². The molecule has 0 aliphatic heterocycles. The molecular formula is C14H15NO3. The van der Waals surface area contributed by atoms with Crippen LogP contribution in [0.5, 0.6) is 0 Å². The number of hydrogen-bond donors (Lipinski definition) is 1. The Bertz CT molecular complexity index is 671. The molecule has 0 spiro atoms. The van der Waals surface area contributed by atoms with Crippen LogP contribution in [0.2, 0.25) is 0 Å². The average molecular weight is 245 g/mol. The zero-order valence-electron chi connectivity index (χ0n) is 10.4. The maximum Gasteiger partial charge on any atom is 0.340 e. The SMILES string of the molecule is CCC(=O)Cc1c(C)c2ccc(N)cc2oc1=O. The van der Waals surface area contributed by atoms with Crippen molar-refractivity contribution in [3.8, 4) is 0 Å². The zero-order valence-corrected chi connectivity index (χ0v) is 10.4. The number of hydrogen-bond acceptors (Lipinski definition) is 4. The van der Waals surface area contributed by atoms with E-state index in [1.54, 1.807) is 19.1 Å². The summed E-state index contributed by atoms with van der Waals surface area (Å²) in [6.07, 6.45) is 0.545. The molecule has 4 nitrogen and oxygen atoms in total. The van der Waals surface area contributed by atoms with Gasteiger partial charge < -0.3 is 10.2 Å². The van der Waals surface area contributed by atoms with Crippen LogP contribution >= 0.6 is 0 Å². The van der Waals surface area contributed by atoms with Gasteiger partial charge in [-0.25, -0.2) is 4.79 Å². The summed E-state index contributed by atoms with van der Waals surface area (Å²) in [4.78, 5) is 23.3. The molecule has 0 aliphatic rings. The van der Waals surface area contributed by atoms with Crippen LogP contribution in [-0.4, -0.2) is 5.78 Å². The van der Waals surface area contributed by atoms with E-state index in [0.717, 1.165) is 10.9 Å². The van der Waals surface area contributed by atoms with Crippen molar-refractivity contribution in [3.63, 3.8) is 0 Å². The van der Waals surface area contributed by atoms with E-state index in [2.05, 4.69) is 0 Å². The highest BCUT2D eigenvalue weighted by Crippen LogP contribution is 2.22. The molecule has 0 atom stereocenters. The van der Waals surface area contributed by atoms with E-state index in [4.69, 9.17) is 10.2 Å². The third-order valence-corrected chi connectivity index (χ3v) is 3.08. The van der Waals surface area contributed by atoms with Crippen molar-refractivity contribution < 1.29 is 9.21 Å². The molecular weight excluding hydrogens is 230 g/mol. The first kappa shape index (κ1) is 12.4. The van der Waals surface area contributed by atoms with Crippen molar-refractivity contribution in [2.45, 2.75) is 26.7 Å². The van der Waals surface area contributed by atoms with Crippen LogP contribution in [0.1, 0.15) is 24.5 Å².